The second-order valence-corrected chi connectivity index (χ2v) is 3.20. The number of hydrogen-bond donors (Lipinski definition) is 1. The molecule has 1 N–H and O–H groups in total. The molecule has 0 amide bonds. The molecule has 5 nitrogen and oxygen atoms in total. The van der Waals surface area contributed by atoms with E-state index in [0.717, 1.165) is 22.5 Å². The summed E-state index contributed by atoms with van der Waals surface area (Å²) in [5.41, 5.74) is 0.766. The van der Waals surface area contributed by atoms with Gasteiger partial charge in [-0.2, -0.15) is 0 Å². The molecular weight excluding hydrogens is 206 g/mol. The van der Waals surface area contributed by atoms with Gasteiger partial charge in [-0.25, -0.2) is 9.97 Å². The van der Waals surface area contributed by atoms with Crippen LogP contribution in [0.25, 0.3) is 10.9 Å². The van der Waals surface area contributed by atoms with Crippen molar-refractivity contribution >= 4 is 16.7 Å². The third kappa shape index (κ3) is 1.60. The maximum Gasteiger partial charge on any atom is 0.148 e. The first-order chi connectivity index (χ1) is 7.80. The third-order valence-electron chi connectivity index (χ3n) is 2.37. The van der Waals surface area contributed by atoms with Crippen LogP contribution < -0.4 is 14.8 Å². The van der Waals surface area contributed by atoms with E-state index in [1.807, 2.05) is 13.1 Å². The van der Waals surface area contributed by atoms with Crippen LogP contribution in [0.4, 0.5) is 5.82 Å². The van der Waals surface area contributed by atoms with Gasteiger partial charge in [-0.3, -0.25) is 0 Å². The molecule has 1 aromatic carbocycles. The van der Waals surface area contributed by atoms with Crippen LogP contribution in [0.3, 0.4) is 0 Å². The number of fused-ring (bicyclic) bond motifs is 1. The second kappa shape index (κ2) is 4.22. The highest BCUT2D eigenvalue weighted by Gasteiger charge is 2.09. The van der Waals surface area contributed by atoms with Crippen LogP contribution in [-0.4, -0.2) is 31.2 Å². The minimum absolute atomic E-state index is 0.674. The van der Waals surface area contributed by atoms with E-state index in [4.69, 9.17) is 9.47 Å². The Morgan fingerprint density at radius 3 is 2.56 bits per heavy atom. The number of rotatable bonds is 3. The SMILES string of the molecule is CNc1ncnc2c(OC)cc(OC)cc12. The molecule has 2 aromatic rings. The minimum atomic E-state index is 0.674. The standard InChI is InChI=1S/C11H13N3O2/c1-12-11-8-4-7(15-2)5-9(16-3)10(8)13-6-14-11/h4-6H,1-3H3,(H,12,13,14). The monoisotopic (exact) mass is 219 g/mol. The van der Waals surface area contributed by atoms with E-state index >= 15 is 0 Å². The number of anilines is 1. The molecule has 0 saturated carbocycles. The van der Waals surface area contributed by atoms with E-state index in [9.17, 15) is 0 Å². The van der Waals surface area contributed by atoms with Crippen molar-refractivity contribution in [2.75, 3.05) is 26.6 Å². The largest absolute Gasteiger partial charge is 0.497 e. The molecule has 1 aromatic heterocycles. The molecule has 0 aliphatic heterocycles. The number of benzene rings is 1. The van der Waals surface area contributed by atoms with Crippen molar-refractivity contribution in [2.24, 2.45) is 0 Å². The first kappa shape index (κ1) is 10.5. The zero-order chi connectivity index (χ0) is 11.5. The molecular formula is C11H13N3O2. The van der Waals surface area contributed by atoms with Gasteiger partial charge in [0.1, 0.15) is 29.2 Å². The summed E-state index contributed by atoms with van der Waals surface area (Å²) in [5, 5.41) is 3.89. The zero-order valence-corrected chi connectivity index (χ0v) is 9.44. The average Bonchev–Trinajstić information content (AvgIpc) is 2.36. The molecule has 0 aliphatic rings. The number of methoxy groups -OCH3 is 2. The van der Waals surface area contributed by atoms with Gasteiger partial charge in [0.05, 0.1) is 19.6 Å². The number of nitrogens with one attached hydrogen (secondary N) is 1. The van der Waals surface area contributed by atoms with E-state index < -0.39 is 0 Å². The van der Waals surface area contributed by atoms with Crippen molar-refractivity contribution in [1.82, 2.24) is 9.97 Å². The highest BCUT2D eigenvalue weighted by atomic mass is 16.5. The van der Waals surface area contributed by atoms with Gasteiger partial charge < -0.3 is 14.8 Å². The summed E-state index contributed by atoms with van der Waals surface area (Å²) in [6, 6.07) is 3.68. The van der Waals surface area contributed by atoms with Crippen LogP contribution in [0.15, 0.2) is 18.5 Å². The Morgan fingerprint density at radius 1 is 1.12 bits per heavy atom. The summed E-state index contributed by atoms with van der Waals surface area (Å²) in [6.45, 7) is 0. The number of ether oxygens (including phenoxy) is 2. The smallest absolute Gasteiger partial charge is 0.148 e. The Kier molecular flexibility index (Phi) is 2.76. The summed E-state index contributed by atoms with van der Waals surface area (Å²) in [6.07, 6.45) is 1.50. The minimum Gasteiger partial charge on any atom is -0.497 e. The van der Waals surface area contributed by atoms with Gasteiger partial charge in [0.25, 0.3) is 0 Å². The Hall–Kier alpha value is -2.04. The first-order valence-electron chi connectivity index (χ1n) is 4.84. The summed E-state index contributed by atoms with van der Waals surface area (Å²) >= 11 is 0. The predicted octanol–water partition coefficient (Wildman–Crippen LogP) is 1.69. The van der Waals surface area contributed by atoms with Crippen LogP contribution in [0.1, 0.15) is 0 Å². The molecule has 84 valence electrons. The highest BCUT2D eigenvalue weighted by molar-refractivity contribution is 5.94. The van der Waals surface area contributed by atoms with Crippen molar-refractivity contribution in [1.29, 1.82) is 0 Å². The van der Waals surface area contributed by atoms with Gasteiger partial charge in [0.2, 0.25) is 0 Å². The van der Waals surface area contributed by atoms with Crippen molar-refractivity contribution in [3.05, 3.63) is 18.5 Å². The Morgan fingerprint density at radius 2 is 1.94 bits per heavy atom. The maximum atomic E-state index is 5.27. The van der Waals surface area contributed by atoms with Crippen molar-refractivity contribution < 1.29 is 9.47 Å². The fourth-order valence-electron chi connectivity index (χ4n) is 1.58. The van der Waals surface area contributed by atoms with Crippen LogP contribution >= 0.6 is 0 Å². The quantitative estimate of drug-likeness (QED) is 0.851. The van der Waals surface area contributed by atoms with Gasteiger partial charge >= 0.3 is 0 Å². The van der Waals surface area contributed by atoms with Crippen molar-refractivity contribution in [3.63, 3.8) is 0 Å². The molecule has 0 atom stereocenters. The molecule has 0 spiro atoms. The van der Waals surface area contributed by atoms with E-state index in [2.05, 4.69) is 15.3 Å². The van der Waals surface area contributed by atoms with E-state index in [1.54, 1.807) is 20.3 Å². The maximum absolute atomic E-state index is 5.27. The predicted molar refractivity (Wildman–Crippen MR) is 62.2 cm³/mol. The number of aromatic nitrogens is 2. The topological polar surface area (TPSA) is 56.3 Å². The molecule has 0 fully saturated rings. The van der Waals surface area contributed by atoms with Crippen LogP contribution in [-0.2, 0) is 0 Å². The Labute approximate surface area is 93.4 Å². The lowest BCUT2D eigenvalue weighted by Gasteiger charge is -2.09. The Bertz CT molecular complexity index is 514. The molecule has 5 heteroatoms. The summed E-state index contributed by atoms with van der Waals surface area (Å²) < 4.78 is 10.5. The van der Waals surface area contributed by atoms with Gasteiger partial charge in [0, 0.05) is 13.1 Å². The zero-order valence-electron chi connectivity index (χ0n) is 9.44. The number of hydrogen-bond acceptors (Lipinski definition) is 5. The fourth-order valence-corrected chi connectivity index (χ4v) is 1.58. The van der Waals surface area contributed by atoms with Gasteiger partial charge in [0.15, 0.2) is 0 Å². The molecule has 0 saturated heterocycles. The molecule has 0 radical (unpaired) electrons. The van der Waals surface area contributed by atoms with Crippen molar-refractivity contribution in [3.8, 4) is 11.5 Å². The lowest BCUT2D eigenvalue weighted by Crippen LogP contribution is -1.97. The van der Waals surface area contributed by atoms with Crippen molar-refractivity contribution in [2.45, 2.75) is 0 Å². The van der Waals surface area contributed by atoms with E-state index in [0.29, 0.717) is 5.75 Å². The fraction of sp³-hybridized carbons (Fsp3) is 0.273. The molecule has 2 rings (SSSR count). The molecule has 0 aliphatic carbocycles. The molecule has 1 heterocycles. The number of nitrogens with zero attached hydrogens (tertiary/aromatic N) is 2. The molecule has 16 heavy (non-hydrogen) atoms. The average molecular weight is 219 g/mol. The van der Waals surface area contributed by atoms with E-state index in [-0.39, 0.29) is 0 Å². The second-order valence-electron chi connectivity index (χ2n) is 3.20. The van der Waals surface area contributed by atoms with Gasteiger partial charge in [-0.15, -0.1) is 0 Å². The first-order valence-corrected chi connectivity index (χ1v) is 4.84. The van der Waals surface area contributed by atoms with Gasteiger partial charge in [-0.05, 0) is 6.07 Å². The van der Waals surface area contributed by atoms with E-state index in [1.165, 1.54) is 6.33 Å². The molecule has 0 unspecified atom stereocenters. The Balaban J connectivity index is 2.78. The van der Waals surface area contributed by atoms with Crippen LogP contribution in [0.2, 0.25) is 0 Å². The lowest BCUT2D eigenvalue weighted by molar-refractivity contribution is 0.397. The third-order valence-corrected chi connectivity index (χ3v) is 2.37. The van der Waals surface area contributed by atoms with Crippen LogP contribution in [0.5, 0.6) is 11.5 Å². The normalized spacial score (nSPS) is 10.2. The highest BCUT2D eigenvalue weighted by Crippen LogP contribution is 2.32. The summed E-state index contributed by atoms with van der Waals surface area (Å²) in [4.78, 5) is 8.35. The van der Waals surface area contributed by atoms with Crippen LogP contribution in [0, 0.1) is 0 Å². The summed E-state index contributed by atoms with van der Waals surface area (Å²) in [7, 11) is 5.03. The lowest BCUT2D eigenvalue weighted by atomic mass is 10.2. The van der Waals surface area contributed by atoms with Gasteiger partial charge in [-0.1, -0.05) is 0 Å². The molecule has 0 bridgehead atoms. The summed E-state index contributed by atoms with van der Waals surface area (Å²) in [5.74, 6) is 2.14.